The van der Waals surface area contributed by atoms with Crippen molar-refractivity contribution in [2.24, 2.45) is 132 Å². The van der Waals surface area contributed by atoms with Crippen molar-refractivity contribution in [3.63, 3.8) is 0 Å². The van der Waals surface area contributed by atoms with Crippen LogP contribution in [0.5, 0.6) is 0 Å². The van der Waals surface area contributed by atoms with Gasteiger partial charge in [-0.2, -0.15) is 0 Å². The second kappa shape index (κ2) is 22.9. The maximum Gasteiger partial charge on any atom is 0.157 e. The zero-order valence-corrected chi connectivity index (χ0v) is 52.8. The molecule has 10 heteroatoms. The molecule has 10 fully saturated rings. The molecule has 10 aliphatic carbocycles. The summed E-state index contributed by atoms with van der Waals surface area (Å²) >= 11 is 0. The molecule has 9 saturated carbocycles. The molecular formula is C70H120N2O8. The summed E-state index contributed by atoms with van der Waals surface area (Å²) < 4.78 is 18.6. The number of ketones is 1. The van der Waals surface area contributed by atoms with Gasteiger partial charge in [0.15, 0.2) is 6.29 Å². The van der Waals surface area contributed by atoms with Gasteiger partial charge in [-0.05, 0) is 256 Å². The maximum absolute atomic E-state index is 13.4. The molecule has 20 atom stereocenters. The number of nitrogens with zero attached hydrogens (tertiary/aromatic N) is 1. The highest BCUT2D eigenvalue weighted by Crippen LogP contribution is 2.80. The lowest BCUT2D eigenvalue weighted by Gasteiger charge is -2.72. The summed E-state index contributed by atoms with van der Waals surface area (Å²) in [5.41, 5.74) is 3.17. The van der Waals surface area contributed by atoms with Crippen molar-refractivity contribution < 1.29 is 39.0 Å². The first kappa shape index (κ1) is 64.3. The minimum atomic E-state index is -0.428. The summed E-state index contributed by atoms with van der Waals surface area (Å²) in [4.78, 5) is 25.6. The molecule has 0 radical (unpaired) electrons. The van der Waals surface area contributed by atoms with E-state index in [2.05, 4.69) is 108 Å². The molecule has 0 amide bonds. The van der Waals surface area contributed by atoms with Crippen LogP contribution < -0.4 is 5.90 Å². The molecule has 5 N–H and O–H groups in total. The van der Waals surface area contributed by atoms with Crippen molar-refractivity contribution in [1.29, 1.82) is 0 Å². The number of fused-ring (bicyclic) bond motifs is 15. The monoisotopic (exact) mass is 1120 g/mol. The molecule has 2 heterocycles. The van der Waals surface area contributed by atoms with Crippen LogP contribution in [0, 0.1) is 126 Å². The summed E-state index contributed by atoms with van der Waals surface area (Å²) in [5.74, 6) is 12.7. The molecule has 12 rings (SSSR count). The Bertz CT molecular complexity index is 2310. The number of hydrogen-bond donors (Lipinski definition) is 4. The van der Waals surface area contributed by atoms with Crippen LogP contribution in [-0.4, -0.2) is 65.4 Å². The molecular weight excluding hydrogens is 997 g/mol. The molecule has 1 aromatic rings. The van der Waals surface area contributed by atoms with Crippen LogP contribution in [0.15, 0.2) is 10.7 Å². The number of carbonyl (C=O) groups is 2. The molecule has 1 aromatic heterocycles. The SMILES string of the molecule is C.CC(C)[C@@H]1CC[C@]2(CO)CC[C@]3(C)[C@H](CC[C@@H]4[C@@]5(C)Cc6cnoc6C(C)(C)[C@@H]5CC[C@]43C)[C@@H]12.CC(C)[C@@H]1CC[C@]2(COC3CCCCO3)CC[C@]3(C)[C@H](CC[C@@H]4[C@@]5(C)CC(C=O)C(=O)C(C)(C)[C@@H]5CC[C@]43C)[C@@H]12.CCO.NO. The van der Waals surface area contributed by atoms with Crippen molar-refractivity contribution in [2.45, 2.75) is 258 Å². The van der Waals surface area contributed by atoms with E-state index in [0.717, 1.165) is 92.4 Å². The highest BCUT2D eigenvalue weighted by molar-refractivity contribution is 5.98. The predicted octanol–water partition coefficient (Wildman–Crippen LogP) is 15.6. The fourth-order valence-corrected chi connectivity index (χ4v) is 25.1. The van der Waals surface area contributed by atoms with Gasteiger partial charge in [-0.25, -0.2) is 5.90 Å². The molecule has 0 spiro atoms. The van der Waals surface area contributed by atoms with Crippen molar-refractivity contribution in [2.75, 3.05) is 26.4 Å². The highest BCUT2D eigenvalue weighted by atomic mass is 16.7. The first-order chi connectivity index (χ1) is 37.2. The average molecular weight is 1120 g/mol. The van der Waals surface area contributed by atoms with Crippen LogP contribution in [-0.2, 0) is 30.9 Å². The number of Topliss-reactive ketones (excluding diaryl/α,β-unsaturated/α-hetero) is 1. The quantitative estimate of drug-likeness (QED) is 0.117. The van der Waals surface area contributed by atoms with Gasteiger partial charge in [-0.3, -0.25) is 4.79 Å². The number of carbonyl (C=O) groups excluding carboxylic acids is 2. The Balaban J connectivity index is 0.000000194. The summed E-state index contributed by atoms with van der Waals surface area (Å²) in [6, 6.07) is 0. The Hall–Kier alpha value is -1.69. The molecule has 0 aromatic carbocycles. The van der Waals surface area contributed by atoms with Gasteiger partial charge in [-0.1, -0.05) is 110 Å². The number of ether oxygens (including phenoxy) is 2. The van der Waals surface area contributed by atoms with Gasteiger partial charge >= 0.3 is 0 Å². The molecule has 458 valence electrons. The Morgan fingerprint density at radius 3 is 1.68 bits per heavy atom. The minimum absolute atomic E-state index is 0. The largest absolute Gasteiger partial charge is 0.397 e. The third-order valence-corrected chi connectivity index (χ3v) is 28.9. The lowest BCUT2D eigenvalue weighted by molar-refractivity contribution is -0.249. The van der Waals surface area contributed by atoms with E-state index in [0.29, 0.717) is 63.3 Å². The van der Waals surface area contributed by atoms with E-state index in [-0.39, 0.29) is 47.8 Å². The number of rotatable bonds is 7. The molecule has 1 saturated heterocycles. The van der Waals surface area contributed by atoms with Gasteiger partial charge < -0.3 is 34.2 Å². The highest BCUT2D eigenvalue weighted by Gasteiger charge is 2.74. The Morgan fingerprint density at radius 2 is 1.16 bits per heavy atom. The van der Waals surface area contributed by atoms with Crippen LogP contribution >= 0.6 is 0 Å². The first-order valence-corrected chi connectivity index (χ1v) is 32.8. The summed E-state index contributed by atoms with van der Waals surface area (Å²) in [6.45, 7) is 39.0. The van der Waals surface area contributed by atoms with E-state index in [1.165, 1.54) is 115 Å². The fourth-order valence-electron chi connectivity index (χ4n) is 25.1. The fraction of sp³-hybridized carbons (Fsp3) is 0.929. The zero-order valence-electron chi connectivity index (χ0n) is 52.8. The van der Waals surface area contributed by atoms with Gasteiger partial charge in [0.2, 0.25) is 0 Å². The average Bonchev–Trinajstić information content (AvgIpc) is 4.19. The molecule has 11 aliphatic rings. The van der Waals surface area contributed by atoms with Gasteiger partial charge in [0, 0.05) is 36.2 Å². The van der Waals surface area contributed by atoms with Crippen molar-refractivity contribution in [3.8, 4) is 0 Å². The second-order valence-electron chi connectivity index (χ2n) is 32.7. The number of nitrogens with two attached hydrogens (primary N) is 1. The molecule has 0 bridgehead atoms. The summed E-state index contributed by atoms with van der Waals surface area (Å²) in [5, 5.41) is 29.1. The van der Waals surface area contributed by atoms with Gasteiger partial charge in [-0.15, -0.1) is 0 Å². The predicted molar refractivity (Wildman–Crippen MR) is 320 cm³/mol. The van der Waals surface area contributed by atoms with Crippen molar-refractivity contribution in [3.05, 3.63) is 17.5 Å². The van der Waals surface area contributed by atoms with E-state index in [1.807, 2.05) is 6.20 Å². The second-order valence-corrected chi connectivity index (χ2v) is 32.7. The van der Waals surface area contributed by atoms with Crippen LogP contribution in [0.2, 0.25) is 0 Å². The maximum atomic E-state index is 13.4. The number of aliphatic hydroxyl groups is 2. The summed E-state index contributed by atoms with van der Waals surface area (Å²) in [7, 11) is 0. The Kier molecular flexibility index (Phi) is 18.4. The van der Waals surface area contributed by atoms with E-state index < -0.39 is 11.3 Å². The lowest BCUT2D eigenvalue weighted by Crippen LogP contribution is -2.67. The van der Waals surface area contributed by atoms with Crippen molar-refractivity contribution >= 4 is 12.1 Å². The zero-order chi connectivity index (χ0) is 57.7. The lowest BCUT2D eigenvalue weighted by atomic mass is 9.32. The summed E-state index contributed by atoms with van der Waals surface area (Å²) in [6.07, 6.45) is 29.1. The smallest absolute Gasteiger partial charge is 0.157 e. The van der Waals surface area contributed by atoms with E-state index in [9.17, 15) is 14.7 Å². The van der Waals surface area contributed by atoms with Gasteiger partial charge in [0.05, 0.1) is 18.7 Å². The topological polar surface area (TPSA) is 165 Å². The Morgan fingerprint density at radius 1 is 0.650 bits per heavy atom. The molecule has 1 aliphatic heterocycles. The third-order valence-electron chi connectivity index (χ3n) is 28.9. The number of aromatic nitrogens is 1. The Labute approximate surface area is 487 Å². The number of aliphatic hydroxyl groups excluding tert-OH is 2. The van der Waals surface area contributed by atoms with Crippen LogP contribution in [0.3, 0.4) is 0 Å². The van der Waals surface area contributed by atoms with Crippen LogP contribution in [0.1, 0.15) is 251 Å². The minimum Gasteiger partial charge on any atom is -0.397 e. The van der Waals surface area contributed by atoms with Crippen molar-refractivity contribution in [1.82, 2.24) is 5.16 Å². The van der Waals surface area contributed by atoms with E-state index >= 15 is 0 Å². The van der Waals surface area contributed by atoms with E-state index in [1.54, 1.807) is 6.92 Å². The number of hydrogen-bond acceptors (Lipinski definition) is 10. The standard InChI is InChI=1S/C36H58O4.C31H49NO2.C2H6O.CH4.H3NO/c1-23(2)25-13-16-36(22-40-29-10-8-9-19-39-29)18-17-34(6)26(30(25)36)11-12-28-33(5)20-24(21-37)31(38)32(3,4)27(33)14-15-35(28,34)7;1-19(2)21-10-13-31(18-33)15-14-29(6)22(25(21)31)8-9-24-28(5)16-20-17-32-34-26(20)27(3,4)23(28)11-12-30(24,29)7;1-2-3;;1-2/h21,23-30H,8-20,22H2,1-7H3;17,19,21-25,33H,8-16,18H2,1-7H3;3H,2H2,1H3;1H4;2H,1H2/t24?,25-,26+,27-,28+,29?,30+,33-,34+,35+,36+;21-,22+,23-,24+,25+,28-,29+,30+,31+;;;/m00.../s1. The normalized spacial score (nSPS) is 48.0. The first-order valence-electron chi connectivity index (χ1n) is 32.8. The number of aldehydes is 1. The van der Waals surface area contributed by atoms with Crippen LogP contribution in [0.4, 0.5) is 0 Å². The molecule has 2 unspecified atom stereocenters. The van der Waals surface area contributed by atoms with E-state index in [4.69, 9.17) is 24.3 Å². The van der Waals surface area contributed by atoms with Crippen LogP contribution in [0.25, 0.3) is 0 Å². The third kappa shape index (κ3) is 9.34. The van der Waals surface area contributed by atoms with Gasteiger partial charge in [0.1, 0.15) is 17.8 Å². The molecule has 80 heavy (non-hydrogen) atoms. The van der Waals surface area contributed by atoms with Gasteiger partial charge in [0.25, 0.3) is 0 Å². The molecule has 10 nitrogen and oxygen atoms in total.